The highest BCUT2D eigenvalue weighted by Crippen LogP contribution is 2.12. The minimum absolute atomic E-state index is 0.342. The van der Waals surface area contributed by atoms with Gasteiger partial charge in [-0.2, -0.15) is 0 Å². The lowest BCUT2D eigenvalue weighted by Gasteiger charge is -2.24. The van der Waals surface area contributed by atoms with Crippen molar-refractivity contribution >= 4 is 11.9 Å². The lowest BCUT2D eigenvalue weighted by molar-refractivity contribution is 0.0588. The van der Waals surface area contributed by atoms with Gasteiger partial charge in [-0.3, -0.25) is 9.88 Å². The summed E-state index contributed by atoms with van der Waals surface area (Å²) in [4.78, 5) is 29.7. The number of carbonyl (C=O) groups is 1. The zero-order chi connectivity index (χ0) is 12.3. The number of nitrogens with one attached hydrogen (secondary N) is 1. The lowest BCUT2D eigenvalue weighted by atomic mass is 10.2. The Morgan fingerprint density at radius 2 is 2.12 bits per heavy atom. The summed E-state index contributed by atoms with van der Waals surface area (Å²) in [5.41, 5.74) is -1.08. The summed E-state index contributed by atoms with van der Waals surface area (Å²) in [7, 11) is 1.51. The minimum atomic E-state index is -0.571. The second kappa shape index (κ2) is 4.34. The van der Waals surface area contributed by atoms with Crippen molar-refractivity contribution in [1.29, 1.82) is 0 Å². The molecule has 0 saturated heterocycles. The van der Waals surface area contributed by atoms with E-state index in [1.54, 1.807) is 20.8 Å². The molecule has 0 saturated carbocycles. The molecule has 0 unspecified atom stereocenters. The van der Waals surface area contributed by atoms with E-state index in [1.165, 1.54) is 24.2 Å². The number of aromatic amines is 1. The Hall–Kier alpha value is -1.85. The minimum Gasteiger partial charge on any atom is -0.443 e. The number of carbonyl (C=O) groups excluding carboxylic acids is 1. The molecule has 88 valence electrons. The summed E-state index contributed by atoms with van der Waals surface area (Å²) in [5.74, 6) is 0.342. The van der Waals surface area contributed by atoms with Crippen LogP contribution in [0, 0.1) is 0 Å². The second-order valence-electron chi connectivity index (χ2n) is 4.30. The second-order valence-corrected chi connectivity index (χ2v) is 4.30. The molecular formula is C10H15N3O3. The quantitative estimate of drug-likeness (QED) is 0.777. The molecule has 0 aliphatic rings. The zero-order valence-corrected chi connectivity index (χ0v) is 9.77. The van der Waals surface area contributed by atoms with Gasteiger partial charge in [0.2, 0.25) is 0 Å². The van der Waals surface area contributed by atoms with E-state index in [0.717, 1.165) is 0 Å². The normalized spacial score (nSPS) is 11.0. The van der Waals surface area contributed by atoms with E-state index in [2.05, 4.69) is 9.97 Å². The molecule has 6 nitrogen and oxygen atoms in total. The van der Waals surface area contributed by atoms with Crippen LogP contribution in [0.2, 0.25) is 0 Å². The fraction of sp³-hybridized carbons (Fsp3) is 0.500. The number of rotatable bonds is 1. The number of ether oxygens (including phenoxy) is 1. The first kappa shape index (κ1) is 12.2. The molecule has 1 N–H and O–H groups in total. The van der Waals surface area contributed by atoms with E-state index in [0.29, 0.717) is 5.82 Å². The van der Waals surface area contributed by atoms with E-state index in [4.69, 9.17) is 4.74 Å². The molecule has 0 aliphatic heterocycles. The van der Waals surface area contributed by atoms with E-state index < -0.39 is 17.4 Å². The van der Waals surface area contributed by atoms with Crippen molar-refractivity contribution in [2.24, 2.45) is 0 Å². The summed E-state index contributed by atoms with van der Waals surface area (Å²) in [6.07, 6.45) is 0.795. The van der Waals surface area contributed by atoms with E-state index in [-0.39, 0.29) is 0 Å². The fourth-order valence-electron chi connectivity index (χ4n) is 0.983. The van der Waals surface area contributed by atoms with Crippen LogP contribution in [-0.2, 0) is 4.74 Å². The third-order valence-corrected chi connectivity index (χ3v) is 1.69. The molecule has 0 fully saturated rings. The molecule has 16 heavy (non-hydrogen) atoms. The van der Waals surface area contributed by atoms with Gasteiger partial charge < -0.3 is 4.74 Å². The number of hydrogen-bond acceptors (Lipinski definition) is 4. The van der Waals surface area contributed by atoms with Gasteiger partial charge in [-0.05, 0) is 26.8 Å². The molecule has 0 bridgehead atoms. The maximum Gasteiger partial charge on any atom is 0.415 e. The molecule has 0 atom stereocenters. The average molecular weight is 225 g/mol. The topological polar surface area (TPSA) is 75.3 Å². The summed E-state index contributed by atoms with van der Waals surface area (Å²) >= 11 is 0. The standard InChI is InChI=1S/C10H15N3O3/c1-10(2,3)16-9(15)13(4)7-5-6-11-8(14)12-7/h5-6H,1-4H3,(H,11,12,14). The summed E-state index contributed by atoms with van der Waals surface area (Å²) in [6, 6.07) is 1.52. The highest BCUT2D eigenvalue weighted by molar-refractivity contribution is 5.85. The van der Waals surface area contributed by atoms with E-state index in [1.807, 2.05) is 0 Å². The predicted octanol–water partition coefficient (Wildman–Crippen LogP) is 1.14. The van der Waals surface area contributed by atoms with Gasteiger partial charge in [-0.15, -0.1) is 0 Å². The molecule has 0 radical (unpaired) electrons. The van der Waals surface area contributed by atoms with Crippen molar-refractivity contribution in [3.8, 4) is 0 Å². The van der Waals surface area contributed by atoms with Gasteiger partial charge in [0.1, 0.15) is 11.4 Å². The van der Waals surface area contributed by atoms with Gasteiger partial charge in [0.15, 0.2) is 0 Å². The van der Waals surface area contributed by atoms with Crippen LogP contribution >= 0.6 is 0 Å². The third-order valence-electron chi connectivity index (χ3n) is 1.69. The van der Waals surface area contributed by atoms with Gasteiger partial charge in [-0.25, -0.2) is 14.6 Å². The smallest absolute Gasteiger partial charge is 0.415 e. The first-order valence-electron chi connectivity index (χ1n) is 4.81. The van der Waals surface area contributed by atoms with Crippen LogP contribution in [0.3, 0.4) is 0 Å². The van der Waals surface area contributed by atoms with Crippen molar-refractivity contribution in [3.05, 3.63) is 22.7 Å². The summed E-state index contributed by atoms with van der Waals surface area (Å²) in [5, 5.41) is 0. The maximum absolute atomic E-state index is 11.6. The van der Waals surface area contributed by atoms with Crippen molar-refractivity contribution in [2.45, 2.75) is 26.4 Å². The molecule has 1 aromatic heterocycles. The van der Waals surface area contributed by atoms with Gasteiger partial charge in [-0.1, -0.05) is 0 Å². The molecule has 1 amide bonds. The molecular weight excluding hydrogens is 210 g/mol. The number of hydrogen-bond donors (Lipinski definition) is 1. The van der Waals surface area contributed by atoms with E-state index in [9.17, 15) is 9.59 Å². The Labute approximate surface area is 93.3 Å². The Morgan fingerprint density at radius 3 is 2.62 bits per heavy atom. The highest BCUT2D eigenvalue weighted by Gasteiger charge is 2.20. The van der Waals surface area contributed by atoms with Crippen molar-refractivity contribution in [3.63, 3.8) is 0 Å². The van der Waals surface area contributed by atoms with Gasteiger partial charge in [0, 0.05) is 13.2 Å². The average Bonchev–Trinajstić information content (AvgIpc) is 2.14. The van der Waals surface area contributed by atoms with Crippen LogP contribution in [-0.4, -0.2) is 28.7 Å². The monoisotopic (exact) mass is 225 g/mol. The molecule has 0 aromatic carbocycles. The van der Waals surface area contributed by atoms with E-state index >= 15 is 0 Å². The lowest BCUT2D eigenvalue weighted by Crippen LogP contribution is -2.35. The Kier molecular flexibility index (Phi) is 3.31. The number of H-pyrrole nitrogens is 1. The number of aromatic nitrogens is 2. The molecule has 0 aliphatic carbocycles. The molecule has 1 rings (SSSR count). The first-order chi connectivity index (χ1) is 7.29. The SMILES string of the molecule is CN(C(=O)OC(C)(C)C)c1ccnc(=O)[nH]1. The van der Waals surface area contributed by atoms with Crippen LogP contribution in [0.5, 0.6) is 0 Å². The summed E-state index contributed by atoms with van der Waals surface area (Å²) < 4.78 is 5.14. The van der Waals surface area contributed by atoms with Crippen LogP contribution in [0.25, 0.3) is 0 Å². The number of nitrogens with zero attached hydrogens (tertiary/aromatic N) is 2. The Bertz CT molecular complexity index is 433. The summed E-state index contributed by atoms with van der Waals surface area (Å²) in [6.45, 7) is 5.32. The van der Waals surface area contributed by atoms with Crippen molar-refractivity contribution in [1.82, 2.24) is 9.97 Å². The van der Waals surface area contributed by atoms with Crippen molar-refractivity contribution < 1.29 is 9.53 Å². The highest BCUT2D eigenvalue weighted by atomic mass is 16.6. The van der Waals surface area contributed by atoms with Crippen LogP contribution in [0.4, 0.5) is 10.6 Å². The van der Waals surface area contributed by atoms with Crippen LogP contribution in [0.15, 0.2) is 17.1 Å². The predicted molar refractivity (Wildman–Crippen MR) is 59.5 cm³/mol. The van der Waals surface area contributed by atoms with Gasteiger partial charge in [0.05, 0.1) is 0 Å². The van der Waals surface area contributed by atoms with Crippen LogP contribution < -0.4 is 10.6 Å². The van der Waals surface area contributed by atoms with Crippen molar-refractivity contribution in [2.75, 3.05) is 11.9 Å². The molecule has 6 heteroatoms. The molecule has 0 spiro atoms. The van der Waals surface area contributed by atoms with Gasteiger partial charge >= 0.3 is 11.8 Å². The molecule has 1 heterocycles. The van der Waals surface area contributed by atoms with Crippen LogP contribution in [0.1, 0.15) is 20.8 Å². The first-order valence-corrected chi connectivity index (χ1v) is 4.81. The Balaban J connectivity index is 2.82. The van der Waals surface area contributed by atoms with Gasteiger partial charge in [0.25, 0.3) is 0 Å². The fourth-order valence-corrected chi connectivity index (χ4v) is 0.983. The number of anilines is 1. The largest absolute Gasteiger partial charge is 0.443 e. The Morgan fingerprint density at radius 1 is 1.50 bits per heavy atom. The maximum atomic E-state index is 11.6. The molecule has 1 aromatic rings. The number of amides is 1. The zero-order valence-electron chi connectivity index (χ0n) is 9.77. The third kappa shape index (κ3) is 3.38.